The molecule has 2 rings (SSSR count). The van der Waals surface area contributed by atoms with Crippen LogP contribution >= 0.6 is 0 Å². The van der Waals surface area contributed by atoms with E-state index in [0.717, 1.165) is 17.5 Å². The Balaban J connectivity index is 1.86. The molecular weight excluding hydrogens is 330 g/mol. The van der Waals surface area contributed by atoms with E-state index in [0.29, 0.717) is 11.3 Å². The van der Waals surface area contributed by atoms with E-state index in [1.165, 1.54) is 0 Å². The third-order valence-corrected chi connectivity index (χ3v) is 3.81. The van der Waals surface area contributed by atoms with Crippen LogP contribution in [0.5, 0.6) is 5.75 Å². The van der Waals surface area contributed by atoms with Crippen LogP contribution in [-0.4, -0.2) is 24.6 Å². The second-order valence-electron chi connectivity index (χ2n) is 5.83. The summed E-state index contributed by atoms with van der Waals surface area (Å²) in [5, 5.41) is 13.7. The highest BCUT2D eigenvalue weighted by Gasteiger charge is 2.10. The van der Waals surface area contributed by atoms with Crippen LogP contribution in [0, 0.1) is 11.3 Å². The molecule has 0 heterocycles. The summed E-state index contributed by atoms with van der Waals surface area (Å²) in [6.45, 7) is 3.55. The van der Waals surface area contributed by atoms with Gasteiger partial charge in [-0.2, -0.15) is 5.26 Å². The quantitative estimate of drug-likeness (QED) is 0.836. The SMILES string of the molecule is CC[C@H](C)NC(=O)NC(=O)COc1ccc(-c2ccc(C#N)cc2)cc1. The zero-order valence-electron chi connectivity index (χ0n) is 14.8. The molecule has 2 N–H and O–H groups in total. The van der Waals surface area contributed by atoms with Gasteiger partial charge in [0, 0.05) is 6.04 Å². The molecule has 6 heteroatoms. The van der Waals surface area contributed by atoms with Gasteiger partial charge in [-0.05, 0) is 48.7 Å². The summed E-state index contributed by atoms with van der Waals surface area (Å²) in [4.78, 5) is 23.3. The highest BCUT2D eigenvalue weighted by Crippen LogP contribution is 2.22. The predicted octanol–water partition coefficient (Wildman–Crippen LogP) is 3.23. The third-order valence-electron chi connectivity index (χ3n) is 3.81. The Labute approximate surface area is 152 Å². The monoisotopic (exact) mass is 351 g/mol. The lowest BCUT2D eigenvalue weighted by Crippen LogP contribution is -2.44. The maximum absolute atomic E-state index is 11.7. The Morgan fingerprint density at radius 3 is 2.19 bits per heavy atom. The molecule has 134 valence electrons. The van der Waals surface area contributed by atoms with Gasteiger partial charge in [0.1, 0.15) is 5.75 Å². The molecule has 0 fully saturated rings. The third kappa shape index (κ3) is 5.64. The normalized spacial score (nSPS) is 11.1. The number of hydrogen-bond acceptors (Lipinski definition) is 4. The van der Waals surface area contributed by atoms with Crippen LogP contribution in [0.15, 0.2) is 48.5 Å². The fourth-order valence-electron chi connectivity index (χ4n) is 2.15. The molecule has 0 aliphatic heterocycles. The van der Waals surface area contributed by atoms with Gasteiger partial charge in [-0.1, -0.05) is 31.2 Å². The standard InChI is InChI=1S/C20H21N3O3/c1-3-14(2)22-20(25)23-19(24)13-26-18-10-8-17(9-11-18)16-6-4-15(12-21)5-7-16/h4-11,14H,3,13H2,1-2H3,(H2,22,23,24,25)/t14-/m0/s1. The highest BCUT2D eigenvalue weighted by molar-refractivity contribution is 5.95. The Morgan fingerprint density at radius 2 is 1.65 bits per heavy atom. The molecule has 3 amide bonds. The number of benzene rings is 2. The second-order valence-corrected chi connectivity index (χ2v) is 5.83. The first kappa shape index (κ1) is 19.0. The molecule has 1 atom stereocenters. The van der Waals surface area contributed by atoms with E-state index in [2.05, 4.69) is 16.7 Å². The van der Waals surface area contributed by atoms with Crippen molar-refractivity contribution in [2.75, 3.05) is 6.61 Å². The maximum atomic E-state index is 11.7. The number of hydrogen-bond donors (Lipinski definition) is 2. The smallest absolute Gasteiger partial charge is 0.321 e. The number of carbonyl (C=O) groups excluding carboxylic acids is 2. The van der Waals surface area contributed by atoms with Crippen LogP contribution in [0.4, 0.5) is 4.79 Å². The molecule has 0 unspecified atom stereocenters. The van der Waals surface area contributed by atoms with E-state index in [1.807, 2.05) is 38.1 Å². The largest absolute Gasteiger partial charge is 0.484 e. The number of nitrogens with one attached hydrogen (secondary N) is 2. The molecule has 0 saturated heterocycles. The topological polar surface area (TPSA) is 91.2 Å². The molecule has 26 heavy (non-hydrogen) atoms. The van der Waals surface area contributed by atoms with Crippen LogP contribution in [0.25, 0.3) is 11.1 Å². The molecule has 0 spiro atoms. The average Bonchev–Trinajstić information content (AvgIpc) is 2.66. The van der Waals surface area contributed by atoms with E-state index in [9.17, 15) is 9.59 Å². The fraction of sp³-hybridized carbons (Fsp3) is 0.250. The van der Waals surface area contributed by atoms with Crippen molar-refractivity contribution < 1.29 is 14.3 Å². The van der Waals surface area contributed by atoms with Gasteiger partial charge >= 0.3 is 6.03 Å². The minimum atomic E-state index is -0.524. The summed E-state index contributed by atoms with van der Waals surface area (Å²) < 4.78 is 5.39. The van der Waals surface area contributed by atoms with Gasteiger partial charge in [-0.15, -0.1) is 0 Å². The predicted molar refractivity (Wildman–Crippen MR) is 98.5 cm³/mol. The number of nitriles is 1. The summed E-state index contributed by atoms with van der Waals surface area (Å²) >= 11 is 0. The number of imide groups is 1. The van der Waals surface area contributed by atoms with Crippen molar-refractivity contribution in [2.45, 2.75) is 26.3 Å². The van der Waals surface area contributed by atoms with E-state index in [-0.39, 0.29) is 12.6 Å². The van der Waals surface area contributed by atoms with E-state index < -0.39 is 11.9 Å². The highest BCUT2D eigenvalue weighted by atomic mass is 16.5. The Kier molecular flexibility index (Phi) is 6.75. The fourth-order valence-corrected chi connectivity index (χ4v) is 2.15. The van der Waals surface area contributed by atoms with Gasteiger partial charge in [0.25, 0.3) is 5.91 Å². The maximum Gasteiger partial charge on any atom is 0.321 e. The molecule has 0 radical (unpaired) electrons. The second kappa shape index (κ2) is 9.23. The summed E-state index contributed by atoms with van der Waals surface area (Å²) in [5.74, 6) is 0.0156. The summed E-state index contributed by atoms with van der Waals surface area (Å²) in [6.07, 6.45) is 0.781. The van der Waals surface area contributed by atoms with Gasteiger partial charge in [-0.25, -0.2) is 4.79 Å². The first-order valence-electron chi connectivity index (χ1n) is 8.35. The molecule has 0 aliphatic carbocycles. The number of amides is 3. The van der Waals surface area contributed by atoms with Crippen molar-refractivity contribution >= 4 is 11.9 Å². The Hall–Kier alpha value is -3.33. The lowest BCUT2D eigenvalue weighted by atomic mass is 10.0. The summed E-state index contributed by atoms with van der Waals surface area (Å²) in [7, 11) is 0. The lowest BCUT2D eigenvalue weighted by Gasteiger charge is -2.12. The molecule has 0 aliphatic rings. The summed E-state index contributed by atoms with van der Waals surface area (Å²) in [5.41, 5.74) is 2.56. The zero-order valence-corrected chi connectivity index (χ0v) is 14.8. The Morgan fingerprint density at radius 1 is 1.08 bits per heavy atom. The molecule has 2 aromatic rings. The van der Waals surface area contributed by atoms with Crippen molar-refractivity contribution in [3.63, 3.8) is 0 Å². The van der Waals surface area contributed by atoms with E-state index in [4.69, 9.17) is 10.00 Å². The minimum Gasteiger partial charge on any atom is -0.484 e. The van der Waals surface area contributed by atoms with Crippen molar-refractivity contribution in [3.05, 3.63) is 54.1 Å². The van der Waals surface area contributed by atoms with E-state index >= 15 is 0 Å². The molecule has 2 aromatic carbocycles. The van der Waals surface area contributed by atoms with E-state index in [1.54, 1.807) is 24.3 Å². The zero-order chi connectivity index (χ0) is 18.9. The number of rotatable bonds is 6. The molecular formula is C20H21N3O3. The molecule has 6 nitrogen and oxygen atoms in total. The van der Waals surface area contributed by atoms with Gasteiger partial charge in [0.15, 0.2) is 6.61 Å². The van der Waals surface area contributed by atoms with Crippen LogP contribution in [-0.2, 0) is 4.79 Å². The molecule has 0 bridgehead atoms. The first-order valence-corrected chi connectivity index (χ1v) is 8.35. The van der Waals surface area contributed by atoms with Gasteiger partial charge in [0.2, 0.25) is 0 Å². The van der Waals surface area contributed by atoms with Gasteiger partial charge in [0.05, 0.1) is 11.6 Å². The summed E-state index contributed by atoms with van der Waals surface area (Å²) in [6, 6.07) is 16.1. The molecule has 0 aromatic heterocycles. The van der Waals surface area contributed by atoms with Crippen LogP contribution in [0.1, 0.15) is 25.8 Å². The number of nitrogens with zero attached hydrogens (tertiary/aromatic N) is 1. The van der Waals surface area contributed by atoms with Crippen LogP contribution in [0.2, 0.25) is 0 Å². The Bertz CT molecular complexity index is 793. The van der Waals surface area contributed by atoms with Crippen LogP contribution in [0.3, 0.4) is 0 Å². The lowest BCUT2D eigenvalue weighted by molar-refractivity contribution is -0.122. The van der Waals surface area contributed by atoms with Gasteiger partial charge in [-0.3, -0.25) is 10.1 Å². The number of ether oxygens (including phenoxy) is 1. The van der Waals surface area contributed by atoms with Gasteiger partial charge < -0.3 is 10.1 Å². The van der Waals surface area contributed by atoms with Crippen molar-refractivity contribution in [1.29, 1.82) is 5.26 Å². The van der Waals surface area contributed by atoms with Crippen molar-refractivity contribution in [1.82, 2.24) is 10.6 Å². The van der Waals surface area contributed by atoms with Crippen LogP contribution < -0.4 is 15.4 Å². The average molecular weight is 351 g/mol. The number of carbonyl (C=O) groups is 2. The van der Waals surface area contributed by atoms with Crippen molar-refractivity contribution in [3.8, 4) is 22.9 Å². The minimum absolute atomic E-state index is 0.00140. The van der Waals surface area contributed by atoms with Crippen molar-refractivity contribution in [2.24, 2.45) is 0 Å². The molecule has 0 saturated carbocycles. The number of urea groups is 1. The first-order chi connectivity index (χ1) is 12.5.